The van der Waals surface area contributed by atoms with Gasteiger partial charge in [-0.3, -0.25) is 0 Å². The van der Waals surface area contributed by atoms with Gasteiger partial charge in [0.25, 0.3) is 0 Å². The molecule has 0 aromatic carbocycles. The fourth-order valence-electron chi connectivity index (χ4n) is 0.686. The Kier molecular flexibility index (Phi) is 5.37. The van der Waals surface area contributed by atoms with Crippen LogP contribution >= 0.6 is 0 Å². The molecule has 0 N–H and O–H groups in total. The van der Waals surface area contributed by atoms with Gasteiger partial charge in [-0.25, -0.2) is 9.59 Å². The van der Waals surface area contributed by atoms with Crippen LogP contribution in [-0.2, 0) is 14.3 Å². The molecule has 0 aliphatic rings. The first-order valence-electron chi connectivity index (χ1n) is 4.77. The van der Waals surface area contributed by atoms with Crippen LogP contribution in [0.2, 0.25) is 0 Å². The van der Waals surface area contributed by atoms with Crippen molar-refractivity contribution in [1.82, 2.24) is 4.90 Å². The Morgan fingerprint density at radius 3 is 2.31 bits per heavy atom. The highest BCUT2D eigenvalue weighted by atomic mass is 16.6. The van der Waals surface area contributed by atoms with Crippen molar-refractivity contribution in [3.05, 3.63) is 0 Å². The van der Waals surface area contributed by atoms with Gasteiger partial charge in [0.1, 0.15) is 5.60 Å². The minimum absolute atomic E-state index is 0.115. The van der Waals surface area contributed by atoms with Crippen molar-refractivity contribution in [3.63, 3.8) is 0 Å². The zero-order chi connectivity index (χ0) is 12.8. The first-order valence-corrected chi connectivity index (χ1v) is 4.77. The molecule has 90 valence electrons. The maximum atomic E-state index is 11.4. The molecule has 0 fully saturated rings. The van der Waals surface area contributed by atoms with Gasteiger partial charge in [0.15, 0.2) is 0 Å². The Morgan fingerprint density at radius 2 is 1.88 bits per heavy atom. The van der Waals surface area contributed by atoms with E-state index in [1.165, 1.54) is 12.0 Å². The second kappa shape index (κ2) is 6.01. The molecule has 0 saturated carbocycles. The number of hydrogen-bond acceptors (Lipinski definition) is 4. The Balaban J connectivity index is 4.15. The molecule has 0 aliphatic heterocycles. The minimum Gasteiger partial charge on any atom is -0.459 e. The van der Waals surface area contributed by atoms with Crippen LogP contribution in [-0.4, -0.2) is 43.3 Å². The Labute approximate surface area is 95.7 Å². The zero-order valence-corrected chi connectivity index (χ0v) is 10.3. The lowest BCUT2D eigenvalue weighted by atomic mass is 10.2. The number of amides is 1. The van der Waals surface area contributed by atoms with Crippen LogP contribution in [0.4, 0.5) is 4.79 Å². The first kappa shape index (κ1) is 14.3. The molecule has 0 rings (SSSR count). The van der Waals surface area contributed by atoms with Gasteiger partial charge in [-0.1, -0.05) is 5.92 Å². The number of carbonyl (C=O) groups is 2. The lowest BCUT2D eigenvalue weighted by molar-refractivity contribution is -0.133. The molecule has 0 aromatic rings. The molecule has 5 nitrogen and oxygen atoms in total. The van der Waals surface area contributed by atoms with E-state index in [0.29, 0.717) is 0 Å². The zero-order valence-electron chi connectivity index (χ0n) is 10.3. The summed E-state index contributed by atoms with van der Waals surface area (Å²) in [6, 6.07) is 0. The van der Waals surface area contributed by atoms with E-state index in [1.807, 2.05) is 0 Å². The average molecular weight is 227 g/mol. The molecule has 0 aliphatic carbocycles. The van der Waals surface area contributed by atoms with Gasteiger partial charge < -0.3 is 14.4 Å². The third-order valence-electron chi connectivity index (χ3n) is 1.40. The van der Waals surface area contributed by atoms with E-state index < -0.39 is 17.7 Å². The highest BCUT2D eigenvalue weighted by Crippen LogP contribution is 2.08. The van der Waals surface area contributed by atoms with E-state index in [4.69, 9.17) is 4.74 Å². The van der Waals surface area contributed by atoms with Gasteiger partial charge in [-0.15, -0.1) is 0 Å². The summed E-state index contributed by atoms with van der Waals surface area (Å²) in [6.45, 7) is 5.45. The summed E-state index contributed by atoms with van der Waals surface area (Å²) in [4.78, 5) is 23.4. The predicted molar refractivity (Wildman–Crippen MR) is 58.7 cm³/mol. The lowest BCUT2D eigenvalue weighted by Gasteiger charge is -2.23. The SMILES string of the molecule is COC(=O)C#CCN(C)C(=O)OC(C)(C)C. The summed E-state index contributed by atoms with van der Waals surface area (Å²) >= 11 is 0. The number of nitrogens with zero attached hydrogens (tertiary/aromatic N) is 1. The maximum absolute atomic E-state index is 11.4. The molecule has 0 radical (unpaired) electrons. The van der Waals surface area contributed by atoms with E-state index in [2.05, 4.69) is 16.6 Å². The Morgan fingerprint density at radius 1 is 1.31 bits per heavy atom. The van der Waals surface area contributed by atoms with Crippen molar-refractivity contribution in [2.24, 2.45) is 0 Å². The van der Waals surface area contributed by atoms with Crippen LogP contribution in [0.3, 0.4) is 0 Å². The van der Waals surface area contributed by atoms with Crippen molar-refractivity contribution in [2.75, 3.05) is 20.7 Å². The summed E-state index contributed by atoms with van der Waals surface area (Å²) in [6.07, 6.45) is -0.480. The Bertz CT molecular complexity index is 319. The number of esters is 1. The molecule has 0 aromatic heterocycles. The molecular weight excluding hydrogens is 210 g/mol. The van der Waals surface area contributed by atoms with E-state index in [-0.39, 0.29) is 6.54 Å². The summed E-state index contributed by atoms with van der Waals surface area (Å²) in [5.74, 6) is 4.10. The standard InChI is InChI=1S/C11H17NO4/c1-11(2,3)16-10(14)12(4)8-6-7-9(13)15-5/h8H2,1-5H3. The maximum Gasteiger partial charge on any atom is 0.410 e. The molecule has 0 heterocycles. The Hall–Kier alpha value is -1.70. The van der Waals surface area contributed by atoms with Crippen molar-refractivity contribution in [3.8, 4) is 11.8 Å². The normalized spacial score (nSPS) is 9.81. The molecule has 16 heavy (non-hydrogen) atoms. The molecule has 0 spiro atoms. The number of methoxy groups -OCH3 is 1. The van der Waals surface area contributed by atoms with Crippen LogP contribution in [0, 0.1) is 11.8 Å². The van der Waals surface area contributed by atoms with Crippen molar-refractivity contribution in [2.45, 2.75) is 26.4 Å². The largest absolute Gasteiger partial charge is 0.459 e. The number of hydrogen-bond donors (Lipinski definition) is 0. The average Bonchev–Trinajstić information content (AvgIpc) is 2.14. The summed E-state index contributed by atoms with van der Waals surface area (Å²) in [5, 5.41) is 0. The topological polar surface area (TPSA) is 55.8 Å². The van der Waals surface area contributed by atoms with Gasteiger partial charge in [0.05, 0.1) is 13.7 Å². The van der Waals surface area contributed by atoms with Crippen LogP contribution in [0.5, 0.6) is 0 Å². The van der Waals surface area contributed by atoms with Crippen LogP contribution < -0.4 is 0 Å². The van der Waals surface area contributed by atoms with Gasteiger partial charge in [0.2, 0.25) is 0 Å². The highest BCUT2D eigenvalue weighted by Gasteiger charge is 2.18. The van der Waals surface area contributed by atoms with Gasteiger partial charge >= 0.3 is 12.1 Å². The molecule has 0 atom stereocenters. The van der Waals surface area contributed by atoms with E-state index >= 15 is 0 Å². The molecule has 5 heteroatoms. The van der Waals surface area contributed by atoms with E-state index in [0.717, 1.165) is 0 Å². The molecule has 0 unspecified atom stereocenters. The third kappa shape index (κ3) is 6.71. The quantitative estimate of drug-likeness (QED) is 0.381. The van der Waals surface area contributed by atoms with Crippen LogP contribution in [0.15, 0.2) is 0 Å². The smallest absolute Gasteiger partial charge is 0.410 e. The van der Waals surface area contributed by atoms with Crippen molar-refractivity contribution in [1.29, 1.82) is 0 Å². The van der Waals surface area contributed by atoms with Gasteiger partial charge in [0, 0.05) is 13.0 Å². The summed E-state index contributed by atoms with van der Waals surface area (Å²) in [5.41, 5.74) is -0.541. The second-order valence-electron chi connectivity index (χ2n) is 4.13. The highest BCUT2D eigenvalue weighted by molar-refractivity contribution is 5.88. The van der Waals surface area contributed by atoms with E-state index in [9.17, 15) is 9.59 Å². The van der Waals surface area contributed by atoms with Crippen molar-refractivity contribution >= 4 is 12.1 Å². The molecule has 0 bridgehead atoms. The summed E-state index contributed by atoms with van der Waals surface area (Å²) < 4.78 is 9.41. The van der Waals surface area contributed by atoms with Crippen LogP contribution in [0.25, 0.3) is 0 Å². The third-order valence-corrected chi connectivity index (χ3v) is 1.40. The van der Waals surface area contributed by atoms with Gasteiger partial charge in [-0.05, 0) is 20.8 Å². The number of rotatable bonds is 1. The fraction of sp³-hybridized carbons (Fsp3) is 0.636. The second-order valence-corrected chi connectivity index (χ2v) is 4.13. The lowest BCUT2D eigenvalue weighted by Crippen LogP contribution is -2.34. The summed E-state index contributed by atoms with van der Waals surface area (Å²) in [7, 11) is 2.79. The number of carbonyl (C=O) groups excluding carboxylic acids is 2. The number of ether oxygens (including phenoxy) is 2. The predicted octanol–water partition coefficient (Wildman–Crippen LogP) is 1.03. The molecule has 1 amide bonds. The fourth-order valence-corrected chi connectivity index (χ4v) is 0.686. The van der Waals surface area contributed by atoms with E-state index in [1.54, 1.807) is 27.8 Å². The minimum atomic E-state index is -0.627. The first-order chi connectivity index (χ1) is 7.26. The van der Waals surface area contributed by atoms with Crippen LogP contribution in [0.1, 0.15) is 20.8 Å². The molecule has 0 saturated heterocycles. The van der Waals surface area contributed by atoms with Crippen molar-refractivity contribution < 1.29 is 19.1 Å². The monoisotopic (exact) mass is 227 g/mol. The molecular formula is C11H17NO4. The van der Waals surface area contributed by atoms with Gasteiger partial charge in [-0.2, -0.15) is 0 Å².